The second kappa shape index (κ2) is 4.87. The summed E-state index contributed by atoms with van der Waals surface area (Å²) in [4.78, 5) is 36.8. The van der Waals surface area contributed by atoms with E-state index < -0.39 is 18.0 Å². The van der Waals surface area contributed by atoms with Gasteiger partial charge in [0.05, 0.1) is 6.61 Å². The van der Waals surface area contributed by atoms with Crippen LogP contribution < -0.4 is 4.90 Å². The topological polar surface area (TPSA) is 66.9 Å². The van der Waals surface area contributed by atoms with Crippen LogP contribution in [0.4, 0.5) is 15.3 Å². The molecule has 6 nitrogen and oxygen atoms in total. The Morgan fingerprint density at radius 3 is 2.56 bits per heavy atom. The molecule has 0 saturated carbocycles. The maximum Gasteiger partial charge on any atom is 0.425 e. The van der Waals surface area contributed by atoms with Gasteiger partial charge < -0.3 is 4.74 Å². The first-order valence-electron chi connectivity index (χ1n) is 5.51. The number of carbonyl (C=O) groups excluding carboxylic acids is 3. The summed E-state index contributed by atoms with van der Waals surface area (Å²) in [6.07, 6.45) is -0.925. The lowest BCUT2D eigenvalue weighted by molar-refractivity contribution is -0.123. The molecule has 0 atom stereocenters. The smallest absolute Gasteiger partial charge is 0.425 e. The number of imide groups is 3. The summed E-state index contributed by atoms with van der Waals surface area (Å²) in [6, 6.07) is 8.01. The second-order valence-electron chi connectivity index (χ2n) is 3.63. The summed E-state index contributed by atoms with van der Waals surface area (Å²) in [6.45, 7) is 1.57. The first-order valence-corrected chi connectivity index (χ1v) is 5.51. The summed E-state index contributed by atoms with van der Waals surface area (Å²) >= 11 is 0. The van der Waals surface area contributed by atoms with Crippen LogP contribution in [0.3, 0.4) is 0 Å². The van der Waals surface area contributed by atoms with Gasteiger partial charge in [-0.05, 0) is 19.1 Å². The third kappa shape index (κ3) is 2.04. The standard InChI is InChI=1S/C12H12N2O4/c1-2-18-12(17)14-10(15)8-13(11(14)16)9-6-4-3-5-7-9/h3-7H,2,8H2,1H3. The average Bonchev–Trinajstić information content (AvgIpc) is 2.66. The fraction of sp³-hybridized carbons (Fsp3) is 0.250. The average molecular weight is 248 g/mol. The predicted molar refractivity (Wildman–Crippen MR) is 63.1 cm³/mol. The van der Waals surface area contributed by atoms with E-state index >= 15 is 0 Å². The number of ether oxygens (including phenoxy) is 1. The molecule has 0 spiro atoms. The Morgan fingerprint density at radius 1 is 1.28 bits per heavy atom. The van der Waals surface area contributed by atoms with Crippen molar-refractivity contribution in [3.8, 4) is 0 Å². The number of carbonyl (C=O) groups is 3. The van der Waals surface area contributed by atoms with E-state index in [0.717, 1.165) is 0 Å². The number of benzene rings is 1. The summed E-state index contributed by atoms with van der Waals surface area (Å²) in [5, 5.41) is 0. The van der Waals surface area contributed by atoms with Gasteiger partial charge in [0.1, 0.15) is 6.54 Å². The largest absolute Gasteiger partial charge is 0.449 e. The molecule has 0 aromatic heterocycles. The van der Waals surface area contributed by atoms with E-state index in [0.29, 0.717) is 10.6 Å². The number of para-hydroxylation sites is 1. The van der Waals surface area contributed by atoms with Crippen LogP contribution in [0, 0.1) is 0 Å². The zero-order chi connectivity index (χ0) is 13.1. The molecule has 0 radical (unpaired) electrons. The van der Waals surface area contributed by atoms with E-state index in [1.54, 1.807) is 37.3 Å². The Hall–Kier alpha value is -2.37. The van der Waals surface area contributed by atoms with E-state index in [-0.39, 0.29) is 13.2 Å². The molecule has 1 heterocycles. The molecule has 0 N–H and O–H groups in total. The van der Waals surface area contributed by atoms with Gasteiger partial charge in [-0.2, -0.15) is 4.90 Å². The third-order valence-electron chi connectivity index (χ3n) is 2.48. The van der Waals surface area contributed by atoms with Crippen molar-refractivity contribution in [2.45, 2.75) is 6.92 Å². The monoisotopic (exact) mass is 248 g/mol. The van der Waals surface area contributed by atoms with Crippen molar-refractivity contribution in [3.63, 3.8) is 0 Å². The molecule has 2 rings (SSSR count). The second-order valence-corrected chi connectivity index (χ2v) is 3.63. The molecule has 4 amide bonds. The van der Waals surface area contributed by atoms with Gasteiger partial charge in [0, 0.05) is 5.69 Å². The van der Waals surface area contributed by atoms with E-state index in [1.165, 1.54) is 4.90 Å². The van der Waals surface area contributed by atoms with Crippen molar-refractivity contribution >= 4 is 23.7 Å². The minimum Gasteiger partial charge on any atom is -0.449 e. The first kappa shape index (κ1) is 12.1. The normalized spacial score (nSPS) is 15.2. The van der Waals surface area contributed by atoms with Crippen molar-refractivity contribution in [3.05, 3.63) is 30.3 Å². The molecule has 0 bridgehead atoms. The Morgan fingerprint density at radius 2 is 1.94 bits per heavy atom. The van der Waals surface area contributed by atoms with E-state index in [4.69, 9.17) is 0 Å². The Bertz CT molecular complexity index is 486. The highest BCUT2D eigenvalue weighted by molar-refractivity contribution is 6.20. The number of hydrogen-bond acceptors (Lipinski definition) is 4. The molecule has 0 aliphatic carbocycles. The molecule has 1 aromatic carbocycles. The highest BCUT2D eigenvalue weighted by Crippen LogP contribution is 2.20. The van der Waals surface area contributed by atoms with Crippen molar-refractivity contribution in [2.75, 3.05) is 18.1 Å². The van der Waals surface area contributed by atoms with Gasteiger partial charge in [0.25, 0.3) is 5.91 Å². The van der Waals surface area contributed by atoms with Crippen LogP contribution in [0.2, 0.25) is 0 Å². The molecule has 1 fully saturated rings. The van der Waals surface area contributed by atoms with Crippen LogP contribution >= 0.6 is 0 Å². The van der Waals surface area contributed by atoms with Crippen molar-refractivity contribution in [2.24, 2.45) is 0 Å². The van der Waals surface area contributed by atoms with Gasteiger partial charge in [-0.25, -0.2) is 9.59 Å². The molecule has 0 unspecified atom stereocenters. The molecule has 6 heteroatoms. The number of rotatable bonds is 2. The summed E-state index contributed by atoms with van der Waals surface area (Å²) in [5.41, 5.74) is 0.572. The minimum atomic E-state index is -0.925. The predicted octanol–water partition coefficient (Wildman–Crippen LogP) is 1.61. The fourth-order valence-corrected chi connectivity index (χ4v) is 1.68. The maximum absolute atomic E-state index is 12.0. The number of hydrogen-bond donors (Lipinski definition) is 0. The third-order valence-corrected chi connectivity index (χ3v) is 2.48. The maximum atomic E-state index is 12.0. The Kier molecular flexibility index (Phi) is 3.27. The zero-order valence-corrected chi connectivity index (χ0v) is 9.83. The summed E-state index contributed by atoms with van der Waals surface area (Å²) in [7, 11) is 0. The Labute approximate surface area is 104 Å². The summed E-state index contributed by atoms with van der Waals surface area (Å²) < 4.78 is 4.67. The molecule has 1 aliphatic heterocycles. The van der Waals surface area contributed by atoms with E-state index in [2.05, 4.69) is 4.74 Å². The van der Waals surface area contributed by atoms with Crippen LogP contribution in [0.1, 0.15) is 6.92 Å². The van der Waals surface area contributed by atoms with Gasteiger partial charge >= 0.3 is 12.1 Å². The molecule has 1 saturated heterocycles. The van der Waals surface area contributed by atoms with Gasteiger partial charge in [0.2, 0.25) is 0 Å². The number of amides is 4. The van der Waals surface area contributed by atoms with Gasteiger partial charge in [-0.1, -0.05) is 18.2 Å². The van der Waals surface area contributed by atoms with Crippen LogP contribution in [0.5, 0.6) is 0 Å². The van der Waals surface area contributed by atoms with Gasteiger partial charge in [-0.3, -0.25) is 9.69 Å². The lowest BCUT2D eigenvalue weighted by Crippen LogP contribution is -2.38. The van der Waals surface area contributed by atoms with Crippen LogP contribution in [-0.2, 0) is 9.53 Å². The lowest BCUT2D eigenvalue weighted by atomic mass is 10.3. The number of urea groups is 1. The van der Waals surface area contributed by atoms with Gasteiger partial charge in [-0.15, -0.1) is 0 Å². The fourth-order valence-electron chi connectivity index (χ4n) is 1.68. The van der Waals surface area contributed by atoms with Crippen LogP contribution in [0.25, 0.3) is 0 Å². The number of nitrogens with zero attached hydrogens (tertiary/aromatic N) is 2. The highest BCUT2D eigenvalue weighted by Gasteiger charge is 2.42. The van der Waals surface area contributed by atoms with E-state index in [9.17, 15) is 14.4 Å². The Balaban J connectivity index is 2.22. The number of anilines is 1. The molecule has 94 valence electrons. The van der Waals surface area contributed by atoms with Crippen LogP contribution in [0.15, 0.2) is 30.3 Å². The van der Waals surface area contributed by atoms with Gasteiger partial charge in [0.15, 0.2) is 0 Å². The quantitative estimate of drug-likeness (QED) is 0.746. The van der Waals surface area contributed by atoms with Crippen LogP contribution in [-0.4, -0.2) is 36.1 Å². The van der Waals surface area contributed by atoms with Crippen molar-refractivity contribution < 1.29 is 19.1 Å². The van der Waals surface area contributed by atoms with E-state index in [1.807, 2.05) is 0 Å². The van der Waals surface area contributed by atoms with Crippen molar-refractivity contribution in [1.82, 2.24) is 4.90 Å². The lowest BCUT2D eigenvalue weighted by Gasteiger charge is -2.15. The zero-order valence-electron chi connectivity index (χ0n) is 9.83. The molecule has 18 heavy (non-hydrogen) atoms. The van der Waals surface area contributed by atoms with Crippen molar-refractivity contribution in [1.29, 1.82) is 0 Å². The summed E-state index contributed by atoms with van der Waals surface area (Å²) in [5.74, 6) is -0.581. The molecular formula is C12H12N2O4. The highest BCUT2D eigenvalue weighted by atomic mass is 16.6. The molecule has 1 aromatic rings. The molecular weight excluding hydrogens is 236 g/mol. The minimum absolute atomic E-state index is 0.112. The molecule has 1 aliphatic rings. The first-order chi connectivity index (χ1) is 8.65. The SMILES string of the molecule is CCOC(=O)N1C(=O)CN(c2ccccc2)C1=O.